The van der Waals surface area contributed by atoms with Crippen molar-refractivity contribution in [3.05, 3.63) is 24.0 Å². The fourth-order valence-corrected chi connectivity index (χ4v) is 2.54. The van der Waals surface area contributed by atoms with Crippen molar-refractivity contribution in [3.8, 4) is 0 Å². The number of rotatable bonds is 6. The maximum absolute atomic E-state index is 12.2. The van der Waals surface area contributed by atoms with E-state index in [1.807, 2.05) is 6.07 Å². The van der Waals surface area contributed by atoms with E-state index in [-0.39, 0.29) is 5.91 Å². The molecule has 1 aromatic heterocycles. The fraction of sp³-hybridized carbons (Fsp3) is 0.600. The molecule has 1 aliphatic carbocycles. The highest BCUT2D eigenvalue weighted by Gasteiger charge is 2.17. The number of nitrogens with one attached hydrogen (secondary N) is 2. The second kappa shape index (κ2) is 7.12. The number of hydrogen-bond acceptors (Lipinski definition) is 3. The molecule has 0 bridgehead atoms. The number of nitrogens with zero attached hydrogens (tertiary/aromatic N) is 1. The molecule has 2 rings (SSSR count). The molecule has 1 aromatic rings. The van der Waals surface area contributed by atoms with Crippen LogP contribution in [0.3, 0.4) is 0 Å². The summed E-state index contributed by atoms with van der Waals surface area (Å²) in [6.07, 6.45) is 9.48. The Bertz CT molecular complexity index is 414. The molecule has 0 aromatic carbocycles. The van der Waals surface area contributed by atoms with Crippen molar-refractivity contribution in [2.75, 3.05) is 18.4 Å². The molecule has 0 radical (unpaired) electrons. The van der Waals surface area contributed by atoms with E-state index in [0.717, 1.165) is 25.2 Å². The van der Waals surface area contributed by atoms with Crippen LogP contribution in [0.5, 0.6) is 0 Å². The number of anilines is 1. The minimum Gasteiger partial charge on any atom is -0.384 e. The molecule has 4 nitrogen and oxygen atoms in total. The van der Waals surface area contributed by atoms with Crippen LogP contribution in [0, 0.1) is 5.92 Å². The van der Waals surface area contributed by atoms with E-state index >= 15 is 0 Å². The predicted octanol–water partition coefficient (Wildman–Crippen LogP) is 2.82. The van der Waals surface area contributed by atoms with Crippen molar-refractivity contribution in [2.45, 2.75) is 39.0 Å². The molecule has 4 heteroatoms. The highest BCUT2D eigenvalue weighted by molar-refractivity contribution is 5.99. The van der Waals surface area contributed by atoms with Crippen LogP contribution < -0.4 is 10.6 Å². The Morgan fingerprint density at radius 2 is 2.21 bits per heavy atom. The standard InChI is InChI=1S/C15H23N3O/c1-2-8-17-14-7-9-16-11-13(14)15(19)18-10-12-5-3-4-6-12/h7,9,11-12H,2-6,8,10H2,1H3,(H,16,17)(H,18,19). The average Bonchev–Trinajstić information content (AvgIpc) is 2.96. The number of carbonyl (C=O) groups excluding carboxylic acids is 1. The van der Waals surface area contributed by atoms with Gasteiger partial charge in [-0.15, -0.1) is 0 Å². The lowest BCUT2D eigenvalue weighted by Gasteiger charge is -2.13. The quantitative estimate of drug-likeness (QED) is 0.828. The summed E-state index contributed by atoms with van der Waals surface area (Å²) in [5.74, 6) is 0.645. The molecular formula is C15H23N3O. The molecule has 1 saturated carbocycles. The van der Waals surface area contributed by atoms with Gasteiger partial charge in [0, 0.05) is 25.5 Å². The van der Waals surface area contributed by atoms with Crippen molar-refractivity contribution in [2.24, 2.45) is 5.92 Å². The van der Waals surface area contributed by atoms with E-state index in [1.54, 1.807) is 12.4 Å². The van der Waals surface area contributed by atoms with E-state index < -0.39 is 0 Å². The number of pyridine rings is 1. The normalized spacial score (nSPS) is 15.4. The molecule has 1 fully saturated rings. The largest absolute Gasteiger partial charge is 0.384 e. The van der Waals surface area contributed by atoms with Crippen LogP contribution in [-0.4, -0.2) is 24.0 Å². The lowest BCUT2D eigenvalue weighted by Crippen LogP contribution is -2.29. The lowest BCUT2D eigenvalue weighted by atomic mass is 10.1. The molecule has 0 unspecified atom stereocenters. The van der Waals surface area contributed by atoms with Crippen molar-refractivity contribution < 1.29 is 4.79 Å². The van der Waals surface area contributed by atoms with Crippen LogP contribution in [0.4, 0.5) is 5.69 Å². The summed E-state index contributed by atoms with van der Waals surface area (Å²) in [6, 6.07) is 1.86. The Kier molecular flexibility index (Phi) is 5.19. The highest BCUT2D eigenvalue weighted by atomic mass is 16.1. The molecule has 0 atom stereocenters. The molecule has 1 amide bonds. The number of carbonyl (C=O) groups is 1. The van der Waals surface area contributed by atoms with Crippen molar-refractivity contribution in [1.29, 1.82) is 0 Å². The topological polar surface area (TPSA) is 54.0 Å². The molecule has 19 heavy (non-hydrogen) atoms. The summed E-state index contributed by atoms with van der Waals surface area (Å²) in [5, 5.41) is 6.31. The minimum absolute atomic E-state index is 0.0152. The van der Waals surface area contributed by atoms with E-state index in [0.29, 0.717) is 11.5 Å². The summed E-state index contributed by atoms with van der Waals surface area (Å²) < 4.78 is 0. The first-order chi connectivity index (χ1) is 9.31. The Labute approximate surface area is 115 Å². The van der Waals surface area contributed by atoms with Gasteiger partial charge < -0.3 is 10.6 Å². The van der Waals surface area contributed by atoms with Crippen LogP contribution in [-0.2, 0) is 0 Å². The summed E-state index contributed by atoms with van der Waals surface area (Å²) in [4.78, 5) is 16.2. The summed E-state index contributed by atoms with van der Waals surface area (Å²) in [5.41, 5.74) is 1.52. The van der Waals surface area contributed by atoms with Crippen LogP contribution in [0.25, 0.3) is 0 Å². The molecule has 0 aliphatic heterocycles. The summed E-state index contributed by atoms with van der Waals surface area (Å²) >= 11 is 0. The molecule has 2 N–H and O–H groups in total. The molecular weight excluding hydrogens is 238 g/mol. The van der Waals surface area contributed by atoms with Gasteiger partial charge in [0.2, 0.25) is 0 Å². The molecule has 0 saturated heterocycles. The first-order valence-corrected chi connectivity index (χ1v) is 7.27. The smallest absolute Gasteiger partial charge is 0.254 e. The van der Waals surface area contributed by atoms with Crippen molar-refractivity contribution in [3.63, 3.8) is 0 Å². The second-order valence-corrected chi connectivity index (χ2v) is 5.21. The number of amides is 1. The maximum atomic E-state index is 12.2. The molecule has 0 spiro atoms. The van der Waals surface area contributed by atoms with Crippen molar-refractivity contribution >= 4 is 11.6 Å². The van der Waals surface area contributed by atoms with Crippen LogP contribution in [0.15, 0.2) is 18.5 Å². The van der Waals surface area contributed by atoms with Gasteiger partial charge >= 0.3 is 0 Å². The fourth-order valence-electron chi connectivity index (χ4n) is 2.54. The van der Waals surface area contributed by atoms with E-state index in [1.165, 1.54) is 25.7 Å². The molecule has 104 valence electrons. The van der Waals surface area contributed by atoms with E-state index in [2.05, 4.69) is 22.5 Å². The van der Waals surface area contributed by atoms with Gasteiger partial charge in [0.1, 0.15) is 0 Å². The summed E-state index contributed by atoms with van der Waals surface area (Å²) in [7, 11) is 0. The molecule has 1 aliphatic rings. The zero-order chi connectivity index (χ0) is 13.5. The maximum Gasteiger partial charge on any atom is 0.254 e. The highest BCUT2D eigenvalue weighted by Crippen LogP contribution is 2.24. The second-order valence-electron chi connectivity index (χ2n) is 5.21. The van der Waals surface area contributed by atoms with Crippen LogP contribution >= 0.6 is 0 Å². The van der Waals surface area contributed by atoms with Gasteiger partial charge in [0.15, 0.2) is 0 Å². The van der Waals surface area contributed by atoms with Gasteiger partial charge in [-0.3, -0.25) is 9.78 Å². The monoisotopic (exact) mass is 261 g/mol. The average molecular weight is 261 g/mol. The van der Waals surface area contributed by atoms with Crippen LogP contribution in [0.2, 0.25) is 0 Å². The van der Waals surface area contributed by atoms with E-state index in [4.69, 9.17) is 0 Å². The third kappa shape index (κ3) is 3.94. The predicted molar refractivity (Wildman–Crippen MR) is 77.3 cm³/mol. The Hall–Kier alpha value is -1.58. The van der Waals surface area contributed by atoms with Gasteiger partial charge in [-0.1, -0.05) is 19.8 Å². The Balaban J connectivity index is 1.93. The third-order valence-electron chi connectivity index (χ3n) is 3.66. The zero-order valence-electron chi connectivity index (χ0n) is 11.6. The van der Waals surface area contributed by atoms with Gasteiger partial charge in [0.05, 0.1) is 11.3 Å². The minimum atomic E-state index is -0.0152. The first-order valence-electron chi connectivity index (χ1n) is 7.27. The third-order valence-corrected chi connectivity index (χ3v) is 3.66. The van der Waals surface area contributed by atoms with Gasteiger partial charge in [-0.05, 0) is 31.2 Å². The van der Waals surface area contributed by atoms with Gasteiger partial charge in [-0.25, -0.2) is 0 Å². The molecule has 1 heterocycles. The van der Waals surface area contributed by atoms with Gasteiger partial charge in [-0.2, -0.15) is 0 Å². The number of hydrogen-bond donors (Lipinski definition) is 2. The zero-order valence-corrected chi connectivity index (χ0v) is 11.6. The first kappa shape index (κ1) is 13.8. The van der Waals surface area contributed by atoms with Crippen LogP contribution in [0.1, 0.15) is 49.4 Å². The van der Waals surface area contributed by atoms with E-state index in [9.17, 15) is 4.79 Å². The SMILES string of the molecule is CCCNc1ccncc1C(=O)NCC1CCCC1. The Morgan fingerprint density at radius 3 is 2.95 bits per heavy atom. The Morgan fingerprint density at radius 1 is 1.42 bits per heavy atom. The van der Waals surface area contributed by atoms with Gasteiger partial charge in [0.25, 0.3) is 5.91 Å². The summed E-state index contributed by atoms with van der Waals surface area (Å²) in [6.45, 7) is 3.77. The lowest BCUT2D eigenvalue weighted by molar-refractivity contribution is 0.0948. The number of aromatic nitrogens is 1. The van der Waals surface area contributed by atoms with Crippen molar-refractivity contribution in [1.82, 2.24) is 10.3 Å².